The fourth-order valence-electron chi connectivity index (χ4n) is 6.14. The maximum absolute atomic E-state index is 13.2. The van der Waals surface area contributed by atoms with Gasteiger partial charge in [-0.05, 0) is 92.9 Å². The normalized spacial score (nSPS) is 15.2. The molecule has 0 atom stereocenters. The molecule has 244 valence electrons. The van der Waals surface area contributed by atoms with E-state index in [-0.39, 0.29) is 30.4 Å². The van der Waals surface area contributed by atoms with E-state index < -0.39 is 0 Å². The Morgan fingerprint density at radius 2 is 1.54 bits per heavy atom. The first kappa shape index (κ1) is 33.3. The number of hydrogen-bond donors (Lipinski definition) is 3. The molecule has 0 radical (unpaired) electrons. The van der Waals surface area contributed by atoms with Crippen LogP contribution in [0.15, 0.2) is 72.8 Å². The zero-order valence-electron chi connectivity index (χ0n) is 26.3. The van der Waals surface area contributed by atoms with Crippen LogP contribution in [0.4, 0.5) is 10.5 Å². The molecular weight excluding hydrogens is 602 g/mol. The van der Waals surface area contributed by atoms with Crippen LogP contribution >= 0.6 is 11.6 Å². The van der Waals surface area contributed by atoms with E-state index in [0.717, 1.165) is 75.2 Å². The Kier molecular flexibility index (Phi) is 12.3. The van der Waals surface area contributed by atoms with Crippen molar-refractivity contribution in [3.8, 4) is 5.75 Å². The Labute approximate surface area is 276 Å². The molecule has 2 aliphatic heterocycles. The Balaban J connectivity index is 0.996. The summed E-state index contributed by atoms with van der Waals surface area (Å²) in [7, 11) is 0. The van der Waals surface area contributed by atoms with Crippen LogP contribution in [0.5, 0.6) is 5.75 Å². The van der Waals surface area contributed by atoms with Crippen LogP contribution in [0.2, 0.25) is 5.02 Å². The quantitative estimate of drug-likeness (QED) is 0.204. The highest BCUT2D eigenvalue weighted by molar-refractivity contribution is 6.31. The van der Waals surface area contributed by atoms with Crippen LogP contribution in [0, 0.1) is 0 Å². The van der Waals surface area contributed by atoms with Crippen molar-refractivity contribution in [2.75, 3.05) is 57.3 Å². The number of unbranched alkanes of at least 4 members (excludes halogenated alkanes) is 2. The van der Waals surface area contributed by atoms with Crippen LogP contribution in [0.1, 0.15) is 59.5 Å². The summed E-state index contributed by atoms with van der Waals surface area (Å²) in [5.74, 6) is 0.908. The average Bonchev–Trinajstić information content (AvgIpc) is 3.08. The van der Waals surface area contributed by atoms with E-state index in [1.807, 2.05) is 59.5 Å². The van der Waals surface area contributed by atoms with Crippen molar-refractivity contribution in [3.63, 3.8) is 0 Å². The lowest BCUT2D eigenvalue weighted by molar-refractivity contribution is -0.121. The molecule has 5 rings (SSSR count). The first-order chi connectivity index (χ1) is 22.5. The molecule has 0 aromatic heterocycles. The van der Waals surface area contributed by atoms with Gasteiger partial charge in [-0.15, -0.1) is 0 Å². The molecule has 3 aromatic carbocycles. The number of benzene rings is 3. The molecule has 4 amide bonds. The second-order valence-corrected chi connectivity index (χ2v) is 12.3. The first-order valence-electron chi connectivity index (χ1n) is 16.4. The smallest absolute Gasteiger partial charge is 0.314 e. The lowest BCUT2D eigenvalue weighted by atomic mass is 9.86. The molecule has 2 heterocycles. The van der Waals surface area contributed by atoms with Gasteiger partial charge in [0.05, 0.1) is 5.69 Å². The minimum atomic E-state index is -0.151. The number of halogens is 1. The molecule has 1 saturated heterocycles. The predicted molar refractivity (Wildman–Crippen MR) is 182 cm³/mol. The molecule has 3 aromatic rings. The molecule has 0 unspecified atom stereocenters. The zero-order chi connectivity index (χ0) is 32.1. The van der Waals surface area contributed by atoms with Gasteiger partial charge in [0.1, 0.15) is 5.75 Å². The van der Waals surface area contributed by atoms with Crippen LogP contribution in [-0.2, 0) is 11.2 Å². The van der Waals surface area contributed by atoms with Gasteiger partial charge in [-0.25, -0.2) is 4.79 Å². The van der Waals surface area contributed by atoms with Crippen molar-refractivity contribution in [2.45, 2.75) is 44.4 Å². The summed E-state index contributed by atoms with van der Waals surface area (Å²) in [5, 5.41) is 9.41. The molecule has 46 heavy (non-hydrogen) atoms. The molecule has 2 aliphatic rings. The highest BCUT2D eigenvalue weighted by Gasteiger charge is 2.28. The molecule has 0 aliphatic carbocycles. The Bertz CT molecular complexity index is 1460. The second-order valence-electron chi connectivity index (χ2n) is 11.9. The highest BCUT2D eigenvalue weighted by atomic mass is 35.5. The number of nitrogens with zero attached hydrogens (tertiary/aromatic N) is 2. The lowest BCUT2D eigenvalue weighted by Gasteiger charge is -2.35. The van der Waals surface area contributed by atoms with Crippen molar-refractivity contribution in [1.29, 1.82) is 0 Å². The van der Waals surface area contributed by atoms with Crippen molar-refractivity contribution >= 4 is 35.1 Å². The van der Waals surface area contributed by atoms with Gasteiger partial charge >= 0.3 is 6.03 Å². The average molecular weight is 646 g/mol. The number of fused-ring (bicyclic) bond motifs is 1. The zero-order valence-corrected chi connectivity index (χ0v) is 27.1. The van der Waals surface area contributed by atoms with Gasteiger partial charge in [0.25, 0.3) is 11.8 Å². The third kappa shape index (κ3) is 9.47. The molecule has 9 nitrogen and oxygen atoms in total. The number of ether oxygens (including phenoxy) is 1. The van der Waals surface area contributed by atoms with E-state index in [1.165, 1.54) is 5.56 Å². The summed E-state index contributed by atoms with van der Waals surface area (Å²) in [4.78, 5) is 42.0. The highest BCUT2D eigenvalue weighted by Crippen LogP contribution is 2.33. The third-order valence-corrected chi connectivity index (χ3v) is 8.94. The first-order valence-corrected chi connectivity index (χ1v) is 16.7. The third-order valence-electron chi connectivity index (χ3n) is 8.70. The number of nitrogens with one attached hydrogen (secondary N) is 3. The number of anilines is 1. The fraction of sp³-hybridized carbons (Fsp3) is 0.417. The van der Waals surface area contributed by atoms with Crippen molar-refractivity contribution in [2.24, 2.45) is 0 Å². The Hall–Kier alpha value is -4.08. The van der Waals surface area contributed by atoms with Gasteiger partial charge in [-0.2, -0.15) is 0 Å². The molecule has 0 spiro atoms. The fourth-order valence-corrected chi connectivity index (χ4v) is 6.31. The minimum Gasteiger partial charge on any atom is -0.482 e. The Morgan fingerprint density at radius 3 is 2.35 bits per heavy atom. The summed E-state index contributed by atoms with van der Waals surface area (Å²) in [6.45, 7) is 5.03. The van der Waals surface area contributed by atoms with Gasteiger partial charge in [-0.1, -0.05) is 60.1 Å². The van der Waals surface area contributed by atoms with Crippen LogP contribution in [-0.4, -0.2) is 75.2 Å². The maximum Gasteiger partial charge on any atom is 0.314 e. The number of rotatable bonds is 14. The molecule has 3 N–H and O–H groups in total. The monoisotopic (exact) mass is 645 g/mol. The van der Waals surface area contributed by atoms with Gasteiger partial charge < -0.3 is 30.5 Å². The van der Waals surface area contributed by atoms with E-state index in [2.05, 4.69) is 33.0 Å². The molecule has 1 fully saturated rings. The van der Waals surface area contributed by atoms with Crippen molar-refractivity contribution in [1.82, 2.24) is 20.9 Å². The standard InChI is InChI=1S/C36H44ClN5O4/c37-29-13-14-30(28-16-21-41(22-17-28)23-24-42-32-11-5-6-12-33(32)46-26-34(42)43)31(25-29)35(44)38-18-7-2-8-19-39-36(45)40-20-15-27-9-3-1-4-10-27/h1,3-6,9-14,25,28H,2,7-8,15-24,26H2,(H,38,44)(H2,39,40,45). The Morgan fingerprint density at radius 1 is 0.826 bits per heavy atom. The topological polar surface area (TPSA) is 103 Å². The number of likely N-dealkylation sites (tertiary alicyclic amines) is 1. The van der Waals surface area contributed by atoms with Crippen LogP contribution in [0.25, 0.3) is 0 Å². The van der Waals surface area contributed by atoms with E-state index >= 15 is 0 Å². The van der Waals surface area contributed by atoms with E-state index in [1.54, 1.807) is 6.07 Å². The van der Waals surface area contributed by atoms with Crippen molar-refractivity contribution in [3.05, 3.63) is 94.5 Å². The van der Waals surface area contributed by atoms with E-state index in [4.69, 9.17) is 16.3 Å². The number of hydrogen-bond acceptors (Lipinski definition) is 5. The SMILES string of the molecule is O=C(NCCCCCNC(=O)c1cc(Cl)ccc1C1CCN(CCN2C(=O)COc3ccccc32)CC1)NCCc1ccccc1. The summed E-state index contributed by atoms with van der Waals surface area (Å²) < 4.78 is 5.57. The molecule has 10 heteroatoms. The number of para-hydroxylation sites is 2. The van der Waals surface area contributed by atoms with Crippen molar-refractivity contribution < 1.29 is 19.1 Å². The second kappa shape index (κ2) is 17.0. The van der Waals surface area contributed by atoms with Gasteiger partial charge in [0, 0.05) is 43.3 Å². The summed E-state index contributed by atoms with van der Waals surface area (Å²) >= 11 is 6.32. The van der Waals surface area contributed by atoms with E-state index in [9.17, 15) is 14.4 Å². The largest absolute Gasteiger partial charge is 0.482 e. The van der Waals surface area contributed by atoms with Crippen LogP contribution < -0.4 is 25.6 Å². The molecular formula is C36H44ClN5O4. The lowest BCUT2D eigenvalue weighted by Crippen LogP contribution is -2.45. The number of carbonyl (C=O) groups is 3. The number of urea groups is 1. The minimum absolute atomic E-state index is 0.0142. The predicted octanol–water partition coefficient (Wildman–Crippen LogP) is 5.39. The molecule has 0 saturated carbocycles. The van der Waals surface area contributed by atoms with Gasteiger partial charge in [0.2, 0.25) is 0 Å². The van der Waals surface area contributed by atoms with Gasteiger partial charge in [0.15, 0.2) is 6.61 Å². The number of amides is 4. The van der Waals surface area contributed by atoms with Gasteiger partial charge in [-0.3, -0.25) is 9.59 Å². The number of piperidine rings is 1. The summed E-state index contributed by atoms with van der Waals surface area (Å²) in [6, 6.07) is 23.2. The summed E-state index contributed by atoms with van der Waals surface area (Å²) in [6.07, 6.45) is 5.23. The maximum atomic E-state index is 13.2. The van der Waals surface area contributed by atoms with Crippen LogP contribution in [0.3, 0.4) is 0 Å². The summed E-state index contributed by atoms with van der Waals surface area (Å²) in [5.41, 5.74) is 3.72. The number of carbonyl (C=O) groups excluding carboxylic acids is 3. The van der Waals surface area contributed by atoms with E-state index in [0.29, 0.717) is 36.8 Å². The molecule has 0 bridgehead atoms.